The topological polar surface area (TPSA) is 90.9 Å². The number of ether oxygens (including phenoxy) is 4. The van der Waals surface area contributed by atoms with Crippen LogP contribution in [0.3, 0.4) is 0 Å². The second-order valence-corrected chi connectivity index (χ2v) is 7.47. The van der Waals surface area contributed by atoms with E-state index in [4.69, 9.17) is 30.5 Å². The Morgan fingerprint density at radius 2 is 1.59 bits per heavy atom. The summed E-state index contributed by atoms with van der Waals surface area (Å²) in [7, 11) is 4.64. The van der Waals surface area contributed by atoms with Crippen LogP contribution in [0.1, 0.15) is 0 Å². The highest BCUT2D eigenvalue weighted by atomic mass is 35.5. The van der Waals surface area contributed by atoms with Gasteiger partial charge in [0.05, 0.1) is 37.6 Å². The van der Waals surface area contributed by atoms with E-state index in [9.17, 15) is 4.79 Å². The molecule has 0 atom stereocenters. The fourth-order valence-electron chi connectivity index (χ4n) is 3.37. The summed E-state index contributed by atoms with van der Waals surface area (Å²) in [5.41, 5.74) is 1.75. The van der Waals surface area contributed by atoms with Crippen molar-refractivity contribution < 1.29 is 23.7 Å². The van der Waals surface area contributed by atoms with E-state index in [0.717, 1.165) is 5.39 Å². The number of fused-ring (bicyclic) bond motifs is 1. The van der Waals surface area contributed by atoms with E-state index < -0.39 is 6.03 Å². The smallest absolute Gasteiger partial charge is 0.323 e. The molecule has 0 fully saturated rings. The van der Waals surface area contributed by atoms with Crippen molar-refractivity contribution in [3.63, 3.8) is 0 Å². The van der Waals surface area contributed by atoms with Crippen LogP contribution in [-0.4, -0.2) is 32.3 Å². The number of amides is 2. The summed E-state index contributed by atoms with van der Waals surface area (Å²) in [5.74, 6) is 2.75. The van der Waals surface area contributed by atoms with Crippen molar-refractivity contribution in [3.05, 3.63) is 71.9 Å². The first kappa shape index (κ1) is 23.0. The van der Waals surface area contributed by atoms with Crippen LogP contribution < -0.4 is 29.6 Å². The van der Waals surface area contributed by atoms with Crippen LogP contribution in [0.5, 0.6) is 28.7 Å². The molecule has 9 heteroatoms. The number of nitrogens with one attached hydrogen (secondary N) is 2. The molecule has 0 radical (unpaired) electrons. The monoisotopic (exact) mass is 479 g/mol. The van der Waals surface area contributed by atoms with E-state index in [-0.39, 0.29) is 0 Å². The largest absolute Gasteiger partial charge is 0.493 e. The lowest BCUT2D eigenvalue weighted by Crippen LogP contribution is -2.19. The second-order valence-electron chi connectivity index (χ2n) is 7.06. The SMILES string of the molecule is COc1cc2nccc(Oc3ccc(NC(=O)Nc4cccc(Cl)c4OC)cc3)c2cc1OC. The Bertz CT molecular complexity index is 1330. The third-order valence-electron chi connectivity index (χ3n) is 4.97. The zero-order valence-electron chi connectivity index (χ0n) is 18.7. The number of nitrogens with zero attached hydrogens (tertiary/aromatic N) is 1. The van der Waals surface area contributed by atoms with Gasteiger partial charge in [0.15, 0.2) is 17.2 Å². The molecular weight excluding hydrogens is 458 g/mol. The highest BCUT2D eigenvalue weighted by Gasteiger charge is 2.13. The van der Waals surface area contributed by atoms with Gasteiger partial charge < -0.3 is 29.6 Å². The number of urea groups is 1. The zero-order chi connectivity index (χ0) is 24.1. The molecule has 0 bridgehead atoms. The van der Waals surface area contributed by atoms with Crippen LogP contribution in [0, 0.1) is 0 Å². The van der Waals surface area contributed by atoms with Crippen LogP contribution in [0.15, 0.2) is 66.9 Å². The lowest BCUT2D eigenvalue weighted by Gasteiger charge is -2.13. The normalized spacial score (nSPS) is 10.5. The molecule has 1 heterocycles. The Morgan fingerprint density at radius 3 is 2.29 bits per heavy atom. The molecule has 8 nitrogen and oxygen atoms in total. The summed E-state index contributed by atoms with van der Waals surface area (Å²) < 4.78 is 22.1. The fraction of sp³-hybridized carbons (Fsp3) is 0.120. The number of anilines is 2. The minimum absolute atomic E-state index is 0.391. The number of aromatic nitrogens is 1. The van der Waals surface area contributed by atoms with Crippen molar-refractivity contribution in [1.29, 1.82) is 0 Å². The Hall–Kier alpha value is -4.17. The predicted octanol–water partition coefficient (Wildman–Crippen LogP) is 6.35. The van der Waals surface area contributed by atoms with E-state index in [1.165, 1.54) is 7.11 Å². The number of carbonyl (C=O) groups is 1. The highest BCUT2D eigenvalue weighted by molar-refractivity contribution is 6.32. The number of benzene rings is 3. The van der Waals surface area contributed by atoms with Crippen molar-refractivity contribution in [2.45, 2.75) is 0 Å². The van der Waals surface area contributed by atoms with Gasteiger partial charge in [-0.2, -0.15) is 0 Å². The highest BCUT2D eigenvalue weighted by Crippen LogP contribution is 2.37. The van der Waals surface area contributed by atoms with E-state index in [1.54, 1.807) is 75.0 Å². The first-order valence-corrected chi connectivity index (χ1v) is 10.6. The standard InChI is InChI=1S/C25H22ClN3O5/c1-31-22-13-17-20(14-23(22)32-2)27-12-11-21(17)34-16-9-7-15(8-10-16)28-25(30)29-19-6-4-5-18(26)24(19)33-3/h4-14H,1-3H3,(H2,28,29,30). The minimum atomic E-state index is -0.435. The molecule has 34 heavy (non-hydrogen) atoms. The molecule has 2 amide bonds. The number of rotatable bonds is 7. The van der Waals surface area contributed by atoms with Gasteiger partial charge in [-0.1, -0.05) is 17.7 Å². The van der Waals surface area contributed by atoms with Crippen molar-refractivity contribution in [1.82, 2.24) is 4.98 Å². The van der Waals surface area contributed by atoms with Gasteiger partial charge in [-0.25, -0.2) is 4.79 Å². The predicted molar refractivity (Wildman–Crippen MR) is 132 cm³/mol. The molecule has 4 aromatic rings. The molecule has 3 aromatic carbocycles. The molecule has 0 saturated heterocycles. The molecular formula is C25H22ClN3O5. The summed E-state index contributed by atoms with van der Waals surface area (Å²) in [4.78, 5) is 16.8. The van der Waals surface area contributed by atoms with Crippen molar-refractivity contribution >= 4 is 39.9 Å². The van der Waals surface area contributed by atoms with Gasteiger partial charge in [-0.3, -0.25) is 4.98 Å². The first-order valence-electron chi connectivity index (χ1n) is 10.2. The maximum atomic E-state index is 12.4. The van der Waals surface area contributed by atoms with Crippen molar-refractivity contribution in [3.8, 4) is 28.7 Å². The number of pyridine rings is 1. The molecule has 2 N–H and O–H groups in total. The first-order chi connectivity index (χ1) is 16.5. The third kappa shape index (κ3) is 4.92. The molecule has 0 aliphatic rings. The number of halogens is 1. The van der Waals surface area contributed by atoms with Crippen molar-refractivity contribution in [2.75, 3.05) is 32.0 Å². The molecule has 0 spiro atoms. The maximum absolute atomic E-state index is 12.4. The van der Waals surface area contributed by atoms with Crippen molar-refractivity contribution in [2.24, 2.45) is 0 Å². The van der Waals surface area contributed by atoms with E-state index >= 15 is 0 Å². The van der Waals surface area contributed by atoms with Gasteiger partial charge in [-0.15, -0.1) is 0 Å². The fourth-order valence-corrected chi connectivity index (χ4v) is 3.62. The maximum Gasteiger partial charge on any atom is 0.323 e. The van der Waals surface area contributed by atoms with Gasteiger partial charge in [0.1, 0.15) is 11.5 Å². The number of hydrogen-bond donors (Lipinski definition) is 2. The molecule has 0 aliphatic carbocycles. The molecule has 4 rings (SSSR count). The summed E-state index contributed by atoms with van der Waals surface area (Å²) >= 11 is 6.10. The summed E-state index contributed by atoms with van der Waals surface area (Å²) in [6.45, 7) is 0. The Balaban J connectivity index is 1.48. The quantitative estimate of drug-likeness (QED) is 0.321. The van der Waals surface area contributed by atoms with E-state index in [2.05, 4.69) is 15.6 Å². The molecule has 0 saturated carbocycles. The van der Waals surface area contributed by atoms with Crippen LogP contribution in [-0.2, 0) is 0 Å². The van der Waals surface area contributed by atoms with E-state index in [0.29, 0.717) is 50.7 Å². The summed E-state index contributed by atoms with van der Waals surface area (Å²) in [6, 6.07) is 17.0. The Kier molecular flexibility index (Phi) is 6.89. The van der Waals surface area contributed by atoms with Crippen LogP contribution in [0.2, 0.25) is 5.02 Å². The molecule has 174 valence electrons. The van der Waals surface area contributed by atoms with Crippen LogP contribution in [0.25, 0.3) is 10.9 Å². The number of para-hydroxylation sites is 1. The average molecular weight is 480 g/mol. The molecule has 1 aromatic heterocycles. The van der Waals surface area contributed by atoms with Gasteiger partial charge in [0, 0.05) is 23.3 Å². The lowest BCUT2D eigenvalue weighted by molar-refractivity contribution is 0.262. The Labute approximate surface area is 201 Å². The van der Waals surface area contributed by atoms with E-state index in [1.807, 2.05) is 6.07 Å². The summed E-state index contributed by atoms with van der Waals surface area (Å²) in [5, 5.41) is 6.67. The van der Waals surface area contributed by atoms with Gasteiger partial charge in [0.2, 0.25) is 0 Å². The van der Waals surface area contributed by atoms with Gasteiger partial charge in [-0.05, 0) is 48.5 Å². The minimum Gasteiger partial charge on any atom is -0.493 e. The third-order valence-corrected chi connectivity index (χ3v) is 5.26. The molecule has 0 aliphatic heterocycles. The average Bonchev–Trinajstić information content (AvgIpc) is 2.84. The van der Waals surface area contributed by atoms with Crippen LogP contribution in [0.4, 0.5) is 16.2 Å². The number of hydrogen-bond acceptors (Lipinski definition) is 6. The Morgan fingerprint density at radius 1 is 0.853 bits per heavy atom. The summed E-state index contributed by atoms with van der Waals surface area (Å²) in [6.07, 6.45) is 1.66. The lowest BCUT2D eigenvalue weighted by atomic mass is 10.2. The van der Waals surface area contributed by atoms with Crippen LogP contribution >= 0.6 is 11.6 Å². The van der Waals surface area contributed by atoms with Gasteiger partial charge >= 0.3 is 6.03 Å². The zero-order valence-corrected chi connectivity index (χ0v) is 19.5. The number of carbonyl (C=O) groups excluding carboxylic acids is 1. The number of methoxy groups -OCH3 is 3. The second kappa shape index (κ2) is 10.2. The molecule has 0 unspecified atom stereocenters. The van der Waals surface area contributed by atoms with Gasteiger partial charge in [0.25, 0.3) is 0 Å².